The molecule has 2 aliphatic rings. The van der Waals surface area contributed by atoms with Gasteiger partial charge in [0.1, 0.15) is 11.6 Å². The van der Waals surface area contributed by atoms with Crippen LogP contribution in [0.25, 0.3) is 0 Å². The van der Waals surface area contributed by atoms with E-state index in [1.165, 1.54) is 19.2 Å². The van der Waals surface area contributed by atoms with E-state index in [1.54, 1.807) is 60.0 Å². The lowest BCUT2D eigenvalue weighted by Crippen LogP contribution is -2.64. The minimum atomic E-state index is -2.32. The lowest BCUT2D eigenvalue weighted by molar-refractivity contribution is -0.166. The van der Waals surface area contributed by atoms with E-state index in [1.807, 2.05) is 42.5 Å². The third-order valence-electron chi connectivity index (χ3n) is 8.54. The number of carbonyl (C=O) groups is 3. The third-order valence-corrected chi connectivity index (χ3v) is 8.83. The molecule has 0 aromatic heterocycles. The van der Waals surface area contributed by atoms with Gasteiger partial charge in [0.15, 0.2) is 0 Å². The van der Waals surface area contributed by atoms with Crippen molar-refractivity contribution >= 4 is 40.8 Å². The molecule has 4 aromatic rings. The van der Waals surface area contributed by atoms with Crippen LogP contribution in [-0.4, -0.2) is 43.7 Å². The van der Waals surface area contributed by atoms with Crippen molar-refractivity contribution in [3.8, 4) is 5.75 Å². The van der Waals surface area contributed by atoms with Crippen LogP contribution in [0, 0.1) is 5.82 Å². The Morgan fingerprint density at radius 3 is 2.15 bits per heavy atom. The lowest BCUT2D eigenvalue weighted by Gasteiger charge is -2.39. The number of nitrogens with one attached hydrogen (secondary N) is 1. The van der Waals surface area contributed by atoms with Crippen LogP contribution in [0.4, 0.5) is 15.8 Å². The maximum Gasteiger partial charge on any atom is 0.340 e. The number of fused-ring (bicyclic) bond motifs is 2. The summed E-state index contributed by atoms with van der Waals surface area (Å²) in [6.45, 7) is 3.29. The molecule has 1 amide bonds. The van der Waals surface area contributed by atoms with Crippen LogP contribution in [0.1, 0.15) is 36.6 Å². The fraction of sp³-hybridized carbons (Fsp3) is 0.250. The number of para-hydroxylation sites is 1. The number of nitrogens with zero attached hydrogens (tertiary/aromatic N) is 2. The average molecular weight is 658 g/mol. The number of carbonyl (C=O) groups excluding carboxylic acids is 3. The smallest absolute Gasteiger partial charge is 0.340 e. The van der Waals surface area contributed by atoms with E-state index in [-0.39, 0.29) is 30.3 Å². The Bertz CT molecular complexity index is 1800. The predicted molar refractivity (Wildman–Crippen MR) is 175 cm³/mol. The molecule has 2 heterocycles. The first-order valence-corrected chi connectivity index (χ1v) is 15.6. The Morgan fingerprint density at radius 2 is 1.53 bits per heavy atom. The molecular weight excluding hydrogens is 625 g/mol. The van der Waals surface area contributed by atoms with Gasteiger partial charge in [0.25, 0.3) is 5.91 Å². The van der Waals surface area contributed by atoms with Crippen LogP contribution >= 0.6 is 11.6 Å². The number of rotatable bonds is 9. The third kappa shape index (κ3) is 5.08. The van der Waals surface area contributed by atoms with Crippen molar-refractivity contribution in [2.24, 2.45) is 0 Å². The van der Waals surface area contributed by atoms with E-state index in [4.69, 9.17) is 25.8 Å². The molecule has 2 atom stereocenters. The van der Waals surface area contributed by atoms with Crippen molar-refractivity contribution in [1.29, 1.82) is 0 Å². The van der Waals surface area contributed by atoms with Gasteiger partial charge in [-0.1, -0.05) is 66.2 Å². The zero-order chi connectivity index (χ0) is 33.3. The maximum absolute atomic E-state index is 15.3. The van der Waals surface area contributed by atoms with E-state index in [9.17, 15) is 14.0 Å². The summed E-state index contributed by atoms with van der Waals surface area (Å²) in [5, 5.41) is 3.02. The van der Waals surface area contributed by atoms with Gasteiger partial charge in [-0.25, -0.2) is 14.0 Å². The summed E-state index contributed by atoms with van der Waals surface area (Å²) in [6.07, 6.45) is 0. The number of methoxy groups -OCH3 is 1. The van der Waals surface area contributed by atoms with Crippen LogP contribution < -0.4 is 19.9 Å². The molecule has 242 valence electrons. The Labute approximate surface area is 276 Å². The highest BCUT2D eigenvalue weighted by Gasteiger charge is 2.74. The summed E-state index contributed by atoms with van der Waals surface area (Å²) >= 11 is 6.34. The monoisotopic (exact) mass is 657 g/mol. The van der Waals surface area contributed by atoms with Gasteiger partial charge in [0.2, 0.25) is 11.2 Å². The SMILES string of the molecule is CCOC(=O)C1(C(=O)OCC)N[C@]2(C(=O)N(Cc3ccccc3)c3ccccc32)N(c2ccc(OC)cc2)[C@H]1c1ccc(F)c(Cl)c1. The first-order chi connectivity index (χ1) is 22.7. The largest absolute Gasteiger partial charge is 0.497 e. The second kappa shape index (κ2) is 12.7. The fourth-order valence-corrected chi connectivity index (χ4v) is 6.77. The lowest BCUT2D eigenvalue weighted by atomic mass is 9.85. The van der Waals surface area contributed by atoms with Gasteiger partial charge in [-0.3, -0.25) is 10.1 Å². The molecular formula is C36H33ClFN3O6. The second-order valence-electron chi connectivity index (χ2n) is 11.1. The highest BCUT2D eigenvalue weighted by atomic mass is 35.5. The first kappa shape index (κ1) is 32.0. The zero-order valence-electron chi connectivity index (χ0n) is 26.0. The summed E-state index contributed by atoms with van der Waals surface area (Å²) in [5.74, 6) is -2.53. The Kier molecular flexibility index (Phi) is 8.65. The number of hydrogen-bond acceptors (Lipinski definition) is 8. The molecule has 4 aromatic carbocycles. The van der Waals surface area contributed by atoms with Gasteiger partial charge < -0.3 is 24.0 Å². The van der Waals surface area contributed by atoms with Gasteiger partial charge in [-0.15, -0.1) is 0 Å². The van der Waals surface area contributed by atoms with Crippen molar-refractivity contribution in [1.82, 2.24) is 5.32 Å². The van der Waals surface area contributed by atoms with Gasteiger partial charge in [-0.2, -0.15) is 0 Å². The van der Waals surface area contributed by atoms with Crippen molar-refractivity contribution in [2.75, 3.05) is 30.1 Å². The van der Waals surface area contributed by atoms with E-state index in [0.29, 0.717) is 22.7 Å². The predicted octanol–water partition coefficient (Wildman–Crippen LogP) is 5.90. The molecule has 11 heteroatoms. The molecule has 47 heavy (non-hydrogen) atoms. The zero-order valence-corrected chi connectivity index (χ0v) is 26.8. The van der Waals surface area contributed by atoms with Crippen LogP contribution in [-0.2, 0) is 36.1 Å². The van der Waals surface area contributed by atoms with Crippen LogP contribution in [0.15, 0.2) is 97.1 Å². The van der Waals surface area contributed by atoms with E-state index < -0.39 is 40.9 Å². The van der Waals surface area contributed by atoms with Crippen LogP contribution in [0.3, 0.4) is 0 Å². The van der Waals surface area contributed by atoms with Crippen molar-refractivity contribution in [2.45, 2.75) is 37.6 Å². The molecule has 0 unspecified atom stereocenters. The highest BCUT2D eigenvalue weighted by molar-refractivity contribution is 6.30. The molecule has 6 rings (SSSR count). The molecule has 0 bridgehead atoms. The minimum absolute atomic E-state index is 0.0707. The van der Waals surface area contributed by atoms with Crippen LogP contribution in [0.5, 0.6) is 5.75 Å². The molecule has 9 nitrogen and oxygen atoms in total. The molecule has 0 radical (unpaired) electrons. The number of halogens is 2. The minimum Gasteiger partial charge on any atom is -0.497 e. The van der Waals surface area contributed by atoms with Gasteiger partial charge in [0, 0.05) is 11.3 Å². The normalized spacial score (nSPS) is 19.5. The van der Waals surface area contributed by atoms with E-state index in [2.05, 4.69) is 5.32 Å². The number of anilines is 2. The summed E-state index contributed by atoms with van der Waals surface area (Å²) < 4.78 is 31.2. The summed E-state index contributed by atoms with van der Waals surface area (Å²) in [6, 6.07) is 26.2. The van der Waals surface area contributed by atoms with Crippen LogP contribution in [0.2, 0.25) is 5.02 Å². The number of amides is 1. The van der Waals surface area contributed by atoms with Crippen molar-refractivity contribution in [3.63, 3.8) is 0 Å². The Hall–Kier alpha value is -4.93. The molecule has 0 aliphatic carbocycles. The molecule has 1 saturated heterocycles. The molecule has 2 aliphatic heterocycles. The van der Waals surface area contributed by atoms with E-state index >= 15 is 4.79 Å². The fourth-order valence-electron chi connectivity index (χ4n) is 6.58. The number of esters is 2. The number of ether oxygens (including phenoxy) is 3. The second-order valence-corrected chi connectivity index (χ2v) is 11.5. The molecule has 1 fully saturated rings. The molecule has 1 N–H and O–H groups in total. The number of benzene rings is 4. The van der Waals surface area contributed by atoms with Gasteiger partial charge in [-0.05, 0) is 67.4 Å². The van der Waals surface area contributed by atoms with Gasteiger partial charge >= 0.3 is 11.9 Å². The molecule has 1 spiro atoms. The van der Waals surface area contributed by atoms with Crippen molar-refractivity contribution in [3.05, 3.63) is 125 Å². The van der Waals surface area contributed by atoms with E-state index in [0.717, 1.165) is 11.6 Å². The topological polar surface area (TPSA) is 97.4 Å². The summed E-state index contributed by atoms with van der Waals surface area (Å²) in [4.78, 5) is 47.3. The quantitative estimate of drug-likeness (QED) is 0.176. The van der Waals surface area contributed by atoms with Crippen molar-refractivity contribution < 1.29 is 33.0 Å². The summed E-state index contributed by atoms with van der Waals surface area (Å²) in [5.41, 5.74) is -1.53. The maximum atomic E-state index is 15.3. The average Bonchev–Trinajstić information content (AvgIpc) is 3.54. The number of hydrogen-bond donors (Lipinski definition) is 1. The standard InChI is InChI=1S/C36H33ClFN3O6/c1-4-46-33(43)35(34(44)47-5-2)31(24-15-20-29(38)28(37)21-24)41(25-16-18-26(45-3)19-17-25)36(39-35)27-13-9-10-14-30(27)40(32(36)42)22-23-11-7-6-8-12-23/h6-21,31,39H,4-5,22H2,1-3H3/t31-,36-/m0/s1. The summed E-state index contributed by atoms with van der Waals surface area (Å²) in [7, 11) is 1.53. The molecule has 0 saturated carbocycles. The van der Waals surface area contributed by atoms with Gasteiger partial charge in [0.05, 0.1) is 43.6 Å². The Balaban J connectivity index is 1.70. The first-order valence-electron chi connectivity index (χ1n) is 15.2. The Morgan fingerprint density at radius 1 is 0.894 bits per heavy atom. The highest BCUT2D eigenvalue weighted by Crippen LogP contribution is 2.56.